The first-order chi connectivity index (χ1) is 17.5. The summed E-state index contributed by atoms with van der Waals surface area (Å²) in [4.78, 5) is 42.5. The summed E-state index contributed by atoms with van der Waals surface area (Å²) in [5.74, 6) is 0.771. The predicted octanol–water partition coefficient (Wildman–Crippen LogP) is 2.39. The third kappa shape index (κ3) is 5.13. The average molecular weight is 492 g/mol. The van der Waals surface area contributed by atoms with Gasteiger partial charge in [-0.25, -0.2) is 14.8 Å². The molecule has 1 atom stereocenters. The molecule has 1 amide bonds. The second-order valence-electron chi connectivity index (χ2n) is 8.21. The van der Waals surface area contributed by atoms with Crippen molar-refractivity contribution >= 4 is 34.5 Å². The van der Waals surface area contributed by atoms with Gasteiger partial charge in [-0.15, -0.1) is 0 Å². The van der Waals surface area contributed by atoms with E-state index in [0.29, 0.717) is 66.3 Å². The van der Waals surface area contributed by atoms with Gasteiger partial charge in [-0.1, -0.05) is 0 Å². The van der Waals surface area contributed by atoms with Gasteiger partial charge in [0.15, 0.2) is 5.58 Å². The molecule has 0 unspecified atom stereocenters. The molecule has 1 aliphatic rings. The molecule has 1 saturated heterocycles. The van der Waals surface area contributed by atoms with Gasteiger partial charge in [-0.3, -0.25) is 9.78 Å². The molecule has 12 nitrogen and oxygen atoms in total. The minimum Gasteiger partial charge on any atom is -0.495 e. The highest BCUT2D eigenvalue weighted by molar-refractivity contribution is 5.92. The molecule has 1 aromatic carbocycles. The number of aromatic nitrogens is 4. The number of carbonyl (C=O) groups excluding carboxylic acids is 1. The first-order valence-corrected chi connectivity index (χ1v) is 11.4. The molecule has 0 saturated carbocycles. The van der Waals surface area contributed by atoms with E-state index < -0.39 is 11.8 Å². The van der Waals surface area contributed by atoms with Gasteiger partial charge in [0.2, 0.25) is 5.95 Å². The van der Waals surface area contributed by atoms with Crippen molar-refractivity contribution in [1.82, 2.24) is 25.3 Å². The maximum Gasteiger partial charge on any atom is 0.417 e. The number of morpholine rings is 1. The van der Waals surface area contributed by atoms with E-state index in [-0.39, 0.29) is 11.6 Å². The molecule has 3 aromatic heterocycles. The van der Waals surface area contributed by atoms with Crippen molar-refractivity contribution < 1.29 is 18.7 Å². The number of carbonyl (C=O) groups is 1. The van der Waals surface area contributed by atoms with Crippen LogP contribution in [0.4, 0.5) is 17.5 Å². The number of nitrogens with zero attached hydrogens (tertiary/aromatic N) is 4. The molecule has 0 radical (unpaired) electrons. The summed E-state index contributed by atoms with van der Waals surface area (Å²) in [6.45, 7) is 4.31. The van der Waals surface area contributed by atoms with Crippen molar-refractivity contribution in [2.24, 2.45) is 0 Å². The number of hydrogen-bond acceptors (Lipinski definition) is 10. The molecule has 1 aliphatic heterocycles. The van der Waals surface area contributed by atoms with E-state index in [0.717, 1.165) is 0 Å². The summed E-state index contributed by atoms with van der Waals surface area (Å²) in [6, 6.07) is 9.89. The highest BCUT2D eigenvalue weighted by atomic mass is 16.5. The van der Waals surface area contributed by atoms with Crippen molar-refractivity contribution in [2.75, 3.05) is 43.6 Å². The molecule has 36 heavy (non-hydrogen) atoms. The quantitative estimate of drug-likeness (QED) is 0.352. The van der Waals surface area contributed by atoms with Crippen LogP contribution in [0.1, 0.15) is 29.1 Å². The lowest BCUT2D eigenvalue weighted by Gasteiger charge is -2.28. The first kappa shape index (κ1) is 23.3. The lowest BCUT2D eigenvalue weighted by molar-refractivity contribution is 0.0934. The molecule has 0 aliphatic carbocycles. The van der Waals surface area contributed by atoms with Gasteiger partial charge >= 0.3 is 5.76 Å². The molecule has 3 N–H and O–H groups in total. The summed E-state index contributed by atoms with van der Waals surface area (Å²) < 4.78 is 15.7. The van der Waals surface area contributed by atoms with E-state index >= 15 is 0 Å². The Bertz CT molecular complexity index is 1430. The second-order valence-corrected chi connectivity index (χ2v) is 8.21. The Morgan fingerprint density at radius 3 is 2.75 bits per heavy atom. The number of hydrogen-bond donors (Lipinski definition) is 3. The van der Waals surface area contributed by atoms with Crippen LogP contribution in [-0.2, 0) is 4.74 Å². The molecule has 12 heteroatoms. The van der Waals surface area contributed by atoms with Gasteiger partial charge in [-0.05, 0) is 31.2 Å². The Balaban J connectivity index is 1.41. The third-order valence-corrected chi connectivity index (χ3v) is 5.72. The number of nitrogens with one attached hydrogen (secondary N) is 3. The van der Waals surface area contributed by atoms with Crippen molar-refractivity contribution in [3.8, 4) is 5.75 Å². The molecule has 5 rings (SSSR count). The Kier molecular flexibility index (Phi) is 6.50. The van der Waals surface area contributed by atoms with E-state index in [2.05, 4.69) is 25.6 Å². The number of fused-ring (bicyclic) bond motifs is 1. The van der Waals surface area contributed by atoms with Gasteiger partial charge in [0, 0.05) is 30.9 Å². The summed E-state index contributed by atoms with van der Waals surface area (Å²) in [6.07, 6.45) is 1.49. The summed E-state index contributed by atoms with van der Waals surface area (Å²) in [7, 11) is 1.54. The summed E-state index contributed by atoms with van der Waals surface area (Å²) in [5.41, 5.74) is 2.60. The number of benzene rings is 1. The SMILES string of the molecule is COc1ccc(C(=O)N[C@@H](C)c2cc(Nc3ccc4[nH]c(=O)oc4c3)nc(N3CCOCC3)n2)nc1. The lowest BCUT2D eigenvalue weighted by Crippen LogP contribution is -2.38. The van der Waals surface area contributed by atoms with E-state index in [1.165, 1.54) is 13.3 Å². The molecule has 0 spiro atoms. The largest absolute Gasteiger partial charge is 0.495 e. The maximum absolute atomic E-state index is 12.8. The van der Waals surface area contributed by atoms with Crippen LogP contribution in [-0.4, -0.2) is 59.3 Å². The smallest absolute Gasteiger partial charge is 0.417 e. The number of pyridine rings is 1. The van der Waals surface area contributed by atoms with Gasteiger partial charge in [-0.2, -0.15) is 4.98 Å². The molecule has 186 valence electrons. The zero-order valence-corrected chi connectivity index (χ0v) is 19.8. The van der Waals surface area contributed by atoms with E-state index in [4.69, 9.17) is 18.9 Å². The number of anilines is 3. The number of rotatable bonds is 7. The van der Waals surface area contributed by atoms with Crippen molar-refractivity contribution in [2.45, 2.75) is 13.0 Å². The van der Waals surface area contributed by atoms with E-state index in [1.807, 2.05) is 17.9 Å². The fraction of sp³-hybridized carbons (Fsp3) is 0.292. The number of methoxy groups -OCH3 is 1. The van der Waals surface area contributed by atoms with Crippen molar-refractivity contribution in [3.05, 3.63) is 64.5 Å². The minimum atomic E-state index is -0.517. The highest BCUT2D eigenvalue weighted by Gasteiger charge is 2.20. The zero-order chi connectivity index (χ0) is 25.1. The Morgan fingerprint density at radius 2 is 2.00 bits per heavy atom. The van der Waals surface area contributed by atoms with Crippen LogP contribution in [0.2, 0.25) is 0 Å². The molecular formula is C24H25N7O5. The van der Waals surface area contributed by atoms with Gasteiger partial charge in [0.25, 0.3) is 5.91 Å². The monoisotopic (exact) mass is 491 g/mol. The number of ether oxygens (including phenoxy) is 2. The van der Waals surface area contributed by atoms with Crippen LogP contribution in [0.15, 0.2) is 51.8 Å². The van der Waals surface area contributed by atoms with Crippen LogP contribution >= 0.6 is 0 Å². The van der Waals surface area contributed by atoms with Crippen LogP contribution in [0.5, 0.6) is 5.75 Å². The van der Waals surface area contributed by atoms with Crippen LogP contribution in [0.3, 0.4) is 0 Å². The molecule has 0 bridgehead atoms. The first-order valence-electron chi connectivity index (χ1n) is 11.4. The number of H-pyrrole nitrogens is 1. The third-order valence-electron chi connectivity index (χ3n) is 5.72. The Morgan fingerprint density at radius 1 is 1.17 bits per heavy atom. The van der Waals surface area contributed by atoms with Gasteiger partial charge < -0.3 is 29.4 Å². The minimum absolute atomic E-state index is 0.268. The normalized spacial score (nSPS) is 14.4. The second kappa shape index (κ2) is 10.0. The summed E-state index contributed by atoms with van der Waals surface area (Å²) in [5, 5.41) is 6.19. The van der Waals surface area contributed by atoms with Gasteiger partial charge in [0.05, 0.1) is 43.8 Å². The predicted molar refractivity (Wildman–Crippen MR) is 132 cm³/mol. The van der Waals surface area contributed by atoms with E-state index in [1.54, 1.807) is 30.3 Å². The Labute approximate surface area is 205 Å². The molecule has 1 fully saturated rings. The number of aromatic amines is 1. The fourth-order valence-electron chi connectivity index (χ4n) is 3.79. The standard InChI is InChI=1S/C24H25N7O5/c1-14(26-22(32)18-6-4-16(34-2)13-25-18)19-12-21(30-23(28-19)31-7-9-35-10-8-31)27-15-3-5-17-20(11-15)36-24(33)29-17/h3-6,11-14H,7-10H2,1-2H3,(H,26,32)(H,29,33)(H,27,28,30)/t14-/m0/s1. The lowest BCUT2D eigenvalue weighted by atomic mass is 10.2. The average Bonchev–Trinajstić information content (AvgIpc) is 3.28. The van der Waals surface area contributed by atoms with Crippen LogP contribution in [0, 0.1) is 0 Å². The van der Waals surface area contributed by atoms with Crippen LogP contribution in [0.25, 0.3) is 11.1 Å². The Hall–Kier alpha value is -4.45. The number of amides is 1. The molecular weight excluding hydrogens is 466 g/mol. The maximum atomic E-state index is 12.8. The number of oxazole rings is 1. The van der Waals surface area contributed by atoms with Crippen molar-refractivity contribution in [3.63, 3.8) is 0 Å². The zero-order valence-electron chi connectivity index (χ0n) is 19.8. The van der Waals surface area contributed by atoms with Gasteiger partial charge in [0.1, 0.15) is 17.3 Å². The summed E-state index contributed by atoms with van der Waals surface area (Å²) >= 11 is 0. The van der Waals surface area contributed by atoms with E-state index in [9.17, 15) is 9.59 Å². The molecule has 4 heterocycles. The topological polar surface area (TPSA) is 148 Å². The van der Waals surface area contributed by atoms with Crippen LogP contribution < -0.4 is 26.0 Å². The van der Waals surface area contributed by atoms with Crippen molar-refractivity contribution in [1.29, 1.82) is 0 Å². The molecule has 4 aromatic rings. The fourth-order valence-corrected chi connectivity index (χ4v) is 3.79. The highest BCUT2D eigenvalue weighted by Crippen LogP contribution is 2.24.